The van der Waals surface area contributed by atoms with Crippen molar-refractivity contribution >= 4 is 0 Å². The summed E-state index contributed by atoms with van der Waals surface area (Å²) in [6, 6.07) is 5.46. The minimum Gasteiger partial charge on any atom is -0.493 e. The number of fused-ring (bicyclic) bond motifs is 1. The summed E-state index contributed by atoms with van der Waals surface area (Å²) in [6.45, 7) is -0.522. The Morgan fingerprint density at radius 1 is 1.40 bits per heavy atom. The first-order valence-corrected chi connectivity index (χ1v) is 6.57. The minimum atomic E-state index is -4.29. The Bertz CT molecular complexity index is 449. The lowest BCUT2D eigenvalue weighted by Crippen LogP contribution is -2.26. The average Bonchev–Trinajstić information content (AvgIpc) is 2.42. The average molecular weight is 289 g/mol. The fourth-order valence-corrected chi connectivity index (χ4v) is 2.24. The molecule has 0 saturated heterocycles. The van der Waals surface area contributed by atoms with Crippen LogP contribution in [0.5, 0.6) is 5.75 Å². The van der Waals surface area contributed by atoms with Crippen LogP contribution < -0.4 is 10.1 Å². The summed E-state index contributed by atoms with van der Waals surface area (Å²) in [4.78, 5) is 0. The summed E-state index contributed by atoms with van der Waals surface area (Å²) in [5.74, 6) is 0.867. The van der Waals surface area contributed by atoms with Crippen LogP contribution in [0.4, 0.5) is 13.2 Å². The van der Waals surface area contributed by atoms with E-state index in [2.05, 4.69) is 5.32 Å². The number of halogens is 3. The number of nitrogens with one attached hydrogen (secondary N) is 1. The maximum Gasteiger partial charge on any atom is 0.411 e. The van der Waals surface area contributed by atoms with Crippen LogP contribution >= 0.6 is 0 Å². The highest BCUT2D eigenvalue weighted by molar-refractivity contribution is 5.39. The lowest BCUT2D eigenvalue weighted by atomic mass is 9.99. The van der Waals surface area contributed by atoms with Gasteiger partial charge in [0.05, 0.1) is 19.3 Å². The molecule has 1 atom stereocenters. The number of hydrogen-bond acceptors (Lipinski definition) is 3. The van der Waals surface area contributed by atoms with E-state index in [1.165, 1.54) is 0 Å². The second-order valence-corrected chi connectivity index (χ2v) is 4.79. The van der Waals surface area contributed by atoms with Crippen molar-refractivity contribution in [1.82, 2.24) is 5.32 Å². The third-order valence-electron chi connectivity index (χ3n) is 3.23. The molecular formula is C14H18F3NO2. The lowest BCUT2D eigenvalue weighted by Gasteiger charge is -2.22. The van der Waals surface area contributed by atoms with Crippen LogP contribution in [0.3, 0.4) is 0 Å². The van der Waals surface area contributed by atoms with Gasteiger partial charge in [0.2, 0.25) is 0 Å². The van der Waals surface area contributed by atoms with Crippen LogP contribution in [0.1, 0.15) is 23.6 Å². The molecule has 0 fully saturated rings. The molecule has 0 amide bonds. The van der Waals surface area contributed by atoms with Gasteiger partial charge in [-0.1, -0.05) is 12.1 Å². The molecule has 0 bridgehead atoms. The second kappa shape index (κ2) is 6.45. The Kier molecular flexibility index (Phi) is 4.88. The summed E-state index contributed by atoms with van der Waals surface area (Å²) in [5.41, 5.74) is 2.02. The van der Waals surface area contributed by atoms with E-state index in [1.807, 2.05) is 18.2 Å². The zero-order chi connectivity index (χ0) is 14.6. The van der Waals surface area contributed by atoms with E-state index in [-0.39, 0.29) is 12.6 Å². The van der Waals surface area contributed by atoms with Crippen molar-refractivity contribution in [3.8, 4) is 5.75 Å². The highest BCUT2D eigenvalue weighted by Crippen LogP contribution is 2.28. The maximum atomic E-state index is 12.1. The zero-order valence-corrected chi connectivity index (χ0v) is 11.3. The predicted octanol–water partition coefficient (Wildman–Crippen LogP) is 2.85. The highest BCUT2D eigenvalue weighted by Gasteiger charge is 2.28. The van der Waals surface area contributed by atoms with Crippen LogP contribution in [0.15, 0.2) is 18.2 Å². The highest BCUT2D eigenvalue weighted by atomic mass is 19.4. The van der Waals surface area contributed by atoms with Crippen molar-refractivity contribution in [1.29, 1.82) is 0 Å². The topological polar surface area (TPSA) is 30.5 Å². The molecule has 1 aliphatic rings. The molecule has 1 N–H and O–H groups in total. The number of likely N-dealkylation sites (N-methyl/N-ethyl adjacent to an activating group) is 1. The fraction of sp³-hybridized carbons (Fsp3) is 0.571. The standard InChI is InChI=1S/C14H18F3NO2/c1-18-12(8-19-9-14(15,16)17)10-4-5-13-11(7-10)3-2-6-20-13/h4-5,7,12,18H,2-3,6,8-9H2,1H3. The fourth-order valence-electron chi connectivity index (χ4n) is 2.24. The molecule has 0 spiro atoms. The van der Waals surface area contributed by atoms with Crippen molar-refractivity contribution in [2.75, 3.05) is 26.9 Å². The van der Waals surface area contributed by atoms with Crippen molar-refractivity contribution < 1.29 is 22.6 Å². The van der Waals surface area contributed by atoms with Gasteiger partial charge in [-0.2, -0.15) is 13.2 Å². The van der Waals surface area contributed by atoms with Crippen LogP contribution in [-0.4, -0.2) is 33.0 Å². The Hall–Kier alpha value is -1.27. The lowest BCUT2D eigenvalue weighted by molar-refractivity contribution is -0.175. The molecule has 2 rings (SSSR count). The second-order valence-electron chi connectivity index (χ2n) is 4.79. The number of alkyl halides is 3. The van der Waals surface area contributed by atoms with Gasteiger partial charge in [-0.15, -0.1) is 0 Å². The van der Waals surface area contributed by atoms with E-state index in [0.717, 1.165) is 36.3 Å². The summed E-state index contributed by atoms with van der Waals surface area (Å²) in [5, 5.41) is 2.98. The summed E-state index contributed by atoms with van der Waals surface area (Å²) >= 11 is 0. The zero-order valence-electron chi connectivity index (χ0n) is 11.3. The van der Waals surface area contributed by atoms with E-state index in [4.69, 9.17) is 9.47 Å². The van der Waals surface area contributed by atoms with Gasteiger partial charge >= 0.3 is 6.18 Å². The SMILES string of the molecule is CNC(COCC(F)(F)F)c1ccc2c(c1)CCCO2. The molecule has 0 aliphatic carbocycles. The first kappa shape index (κ1) is 15.1. The van der Waals surface area contributed by atoms with E-state index in [0.29, 0.717) is 0 Å². The quantitative estimate of drug-likeness (QED) is 0.904. The van der Waals surface area contributed by atoms with Gasteiger partial charge in [0, 0.05) is 0 Å². The first-order chi connectivity index (χ1) is 9.49. The number of aryl methyl sites for hydroxylation is 1. The number of rotatable bonds is 5. The van der Waals surface area contributed by atoms with Crippen molar-refractivity contribution in [2.24, 2.45) is 0 Å². The molecule has 0 saturated carbocycles. The monoisotopic (exact) mass is 289 g/mol. The minimum absolute atomic E-state index is 0.0182. The van der Waals surface area contributed by atoms with Gasteiger partial charge in [0.15, 0.2) is 0 Å². The summed E-state index contributed by atoms with van der Waals surface area (Å²) < 4.78 is 46.5. The van der Waals surface area contributed by atoms with Crippen LogP contribution in [0, 0.1) is 0 Å². The molecular weight excluding hydrogens is 271 g/mol. The van der Waals surface area contributed by atoms with Crippen molar-refractivity contribution in [2.45, 2.75) is 25.1 Å². The van der Waals surface area contributed by atoms with Gasteiger partial charge in [0.25, 0.3) is 0 Å². The van der Waals surface area contributed by atoms with Crippen molar-refractivity contribution in [3.63, 3.8) is 0 Å². The van der Waals surface area contributed by atoms with Gasteiger partial charge in [-0.3, -0.25) is 0 Å². The molecule has 6 heteroatoms. The molecule has 0 radical (unpaired) electrons. The molecule has 0 aromatic heterocycles. The molecule has 1 unspecified atom stereocenters. The normalized spacial score (nSPS) is 16.4. The van der Waals surface area contributed by atoms with Gasteiger partial charge in [-0.05, 0) is 37.1 Å². The first-order valence-electron chi connectivity index (χ1n) is 6.57. The van der Waals surface area contributed by atoms with E-state index in [1.54, 1.807) is 7.05 Å². The molecule has 1 aromatic rings. The molecule has 3 nitrogen and oxygen atoms in total. The molecule has 20 heavy (non-hydrogen) atoms. The summed E-state index contributed by atoms with van der Waals surface area (Å²) in [7, 11) is 1.71. The van der Waals surface area contributed by atoms with Crippen LogP contribution in [0.25, 0.3) is 0 Å². The maximum absolute atomic E-state index is 12.1. The molecule has 1 aromatic carbocycles. The predicted molar refractivity (Wildman–Crippen MR) is 68.9 cm³/mol. The number of ether oxygens (including phenoxy) is 2. The third kappa shape index (κ3) is 4.11. The van der Waals surface area contributed by atoms with Crippen LogP contribution in [0.2, 0.25) is 0 Å². The van der Waals surface area contributed by atoms with Crippen molar-refractivity contribution in [3.05, 3.63) is 29.3 Å². The van der Waals surface area contributed by atoms with Gasteiger partial charge in [0.1, 0.15) is 12.4 Å². The van der Waals surface area contributed by atoms with E-state index >= 15 is 0 Å². The smallest absolute Gasteiger partial charge is 0.411 e. The van der Waals surface area contributed by atoms with E-state index < -0.39 is 12.8 Å². The number of hydrogen-bond donors (Lipinski definition) is 1. The van der Waals surface area contributed by atoms with E-state index in [9.17, 15) is 13.2 Å². The molecule has 112 valence electrons. The number of benzene rings is 1. The van der Waals surface area contributed by atoms with Crippen LogP contribution in [-0.2, 0) is 11.2 Å². The Morgan fingerprint density at radius 2 is 2.20 bits per heavy atom. The third-order valence-corrected chi connectivity index (χ3v) is 3.23. The Labute approximate surface area is 116 Å². The van der Waals surface area contributed by atoms with Gasteiger partial charge in [-0.25, -0.2) is 0 Å². The largest absolute Gasteiger partial charge is 0.493 e. The molecule has 1 aliphatic heterocycles. The Morgan fingerprint density at radius 3 is 2.90 bits per heavy atom. The Balaban J connectivity index is 2.00. The molecule has 1 heterocycles. The summed E-state index contributed by atoms with van der Waals surface area (Å²) in [6.07, 6.45) is -2.39. The van der Waals surface area contributed by atoms with Gasteiger partial charge < -0.3 is 14.8 Å².